The SMILES string of the molecule is COc1cc(OC)c(CC(F)(F)F)cc1C=O. The van der Waals surface area contributed by atoms with E-state index in [4.69, 9.17) is 9.47 Å². The van der Waals surface area contributed by atoms with Gasteiger partial charge in [0.2, 0.25) is 0 Å². The van der Waals surface area contributed by atoms with Gasteiger partial charge in [-0.05, 0) is 6.07 Å². The highest BCUT2D eigenvalue weighted by Crippen LogP contribution is 2.32. The Morgan fingerprint density at radius 2 is 1.76 bits per heavy atom. The molecule has 0 aromatic heterocycles. The summed E-state index contributed by atoms with van der Waals surface area (Å²) in [6.07, 6.45) is -5.07. The Balaban J connectivity index is 3.24. The molecule has 0 atom stereocenters. The molecular formula is C11H11F3O3. The number of alkyl halides is 3. The number of carbonyl (C=O) groups is 1. The number of benzene rings is 1. The van der Waals surface area contributed by atoms with Gasteiger partial charge < -0.3 is 9.47 Å². The first-order valence-electron chi connectivity index (χ1n) is 4.68. The third-order valence-electron chi connectivity index (χ3n) is 2.15. The average Bonchev–Trinajstić information content (AvgIpc) is 2.26. The van der Waals surface area contributed by atoms with E-state index < -0.39 is 12.6 Å². The summed E-state index contributed by atoms with van der Waals surface area (Å²) < 4.78 is 46.6. The number of aldehydes is 1. The van der Waals surface area contributed by atoms with Gasteiger partial charge in [-0.15, -0.1) is 0 Å². The molecule has 1 rings (SSSR count). The van der Waals surface area contributed by atoms with Gasteiger partial charge in [-0.1, -0.05) is 0 Å². The minimum Gasteiger partial charge on any atom is -0.496 e. The maximum absolute atomic E-state index is 12.3. The number of hydrogen-bond acceptors (Lipinski definition) is 3. The number of halogens is 3. The molecule has 0 spiro atoms. The maximum atomic E-state index is 12.3. The van der Waals surface area contributed by atoms with Crippen molar-refractivity contribution in [1.29, 1.82) is 0 Å². The van der Waals surface area contributed by atoms with Gasteiger partial charge in [0, 0.05) is 11.6 Å². The molecule has 17 heavy (non-hydrogen) atoms. The van der Waals surface area contributed by atoms with E-state index in [1.54, 1.807) is 0 Å². The lowest BCUT2D eigenvalue weighted by Crippen LogP contribution is -2.13. The quantitative estimate of drug-likeness (QED) is 0.768. The summed E-state index contributed by atoms with van der Waals surface area (Å²) in [6, 6.07) is 2.39. The van der Waals surface area contributed by atoms with E-state index in [9.17, 15) is 18.0 Å². The molecule has 94 valence electrons. The minimum atomic E-state index is -4.36. The Morgan fingerprint density at radius 1 is 1.18 bits per heavy atom. The van der Waals surface area contributed by atoms with Crippen LogP contribution in [-0.4, -0.2) is 26.7 Å². The highest BCUT2D eigenvalue weighted by molar-refractivity contribution is 5.80. The smallest absolute Gasteiger partial charge is 0.393 e. The Labute approximate surface area is 96.1 Å². The lowest BCUT2D eigenvalue weighted by molar-refractivity contribution is -0.127. The van der Waals surface area contributed by atoms with Crippen molar-refractivity contribution in [2.24, 2.45) is 0 Å². The Morgan fingerprint density at radius 3 is 2.18 bits per heavy atom. The van der Waals surface area contributed by atoms with Crippen molar-refractivity contribution in [2.75, 3.05) is 14.2 Å². The number of carbonyl (C=O) groups excluding carboxylic acids is 1. The number of hydrogen-bond donors (Lipinski definition) is 0. The molecule has 0 radical (unpaired) electrons. The lowest BCUT2D eigenvalue weighted by atomic mass is 10.1. The molecule has 0 saturated heterocycles. The van der Waals surface area contributed by atoms with E-state index in [1.165, 1.54) is 20.3 Å². The maximum Gasteiger partial charge on any atom is 0.393 e. The van der Waals surface area contributed by atoms with Crippen LogP contribution in [0.4, 0.5) is 13.2 Å². The van der Waals surface area contributed by atoms with Gasteiger partial charge in [0.25, 0.3) is 0 Å². The van der Waals surface area contributed by atoms with Crippen molar-refractivity contribution in [2.45, 2.75) is 12.6 Å². The topological polar surface area (TPSA) is 35.5 Å². The Bertz CT molecular complexity index is 413. The predicted molar refractivity (Wildman–Crippen MR) is 54.7 cm³/mol. The largest absolute Gasteiger partial charge is 0.496 e. The summed E-state index contributed by atoms with van der Waals surface area (Å²) in [7, 11) is 2.58. The van der Waals surface area contributed by atoms with Crippen molar-refractivity contribution in [3.63, 3.8) is 0 Å². The number of rotatable bonds is 4. The average molecular weight is 248 g/mol. The molecule has 1 aromatic rings. The van der Waals surface area contributed by atoms with Crippen LogP contribution in [0.25, 0.3) is 0 Å². The minimum absolute atomic E-state index is 0.0461. The molecule has 0 aliphatic heterocycles. The van der Waals surface area contributed by atoms with Crippen LogP contribution in [0, 0.1) is 0 Å². The van der Waals surface area contributed by atoms with E-state index in [0.717, 1.165) is 6.07 Å². The molecule has 0 heterocycles. The van der Waals surface area contributed by atoms with Crippen molar-refractivity contribution < 1.29 is 27.4 Å². The fourth-order valence-corrected chi connectivity index (χ4v) is 1.44. The van der Waals surface area contributed by atoms with Crippen LogP contribution in [0.15, 0.2) is 12.1 Å². The van der Waals surface area contributed by atoms with Crippen molar-refractivity contribution in [1.82, 2.24) is 0 Å². The van der Waals surface area contributed by atoms with Gasteiger partial charge in [0.05, 0.1) is 26.2 Å². The monoisotopic (exact) mass is 248 g/mol. The van der Waals surface area contributed by atoms with Gasteiger partial charge >= 0.3 is 6.18 Å². The number of methoxy groups -OCH3 is 2. The zero-order valence-electron chi connectivity index (χ0n) is 9.30. The molecule has 0 aliphatic rings. The van der Waals surface area contributed by atoms with Crippen LogP contribution in [-0.2, 0) is 6.42 Å². The molecule has 6 heteroatoms. The van der Waals surface area contributed by atoms with Gasteiger partial charge in [-0.3, -0.25) is 4.79 Å². The van der Waals surface area contributed by atoms with Crippen molar-refractivity contribution in [3.05, 3.63) is 23.3 Å². The molecule has 3 nitrogen and oxygen atoms in total. The normalized spacial score (nSPS) is 11.1. The standard InChI is InChI=1S/C11H11F3O3/c1-16-9-4-10(17-2)8(6-15)3-7(9)5-11(12,13)14/h3-4,6H,5H2,1-2H3. The molecule has 0 amide bonds. The zero-order valence-corrected chi connectivity index (χ0v) is 9.30. The summed E-state index contributed by atoms with van der Waals surface area (Å²) in [5.41, 5.74) is -0.0320. The molecule has 0 aliphatic carbocycles. The third-order valence-corrected chi connectivity index (χ3v) is 2.15. The summed E-state index contributed by atoms with van der Waals surface area (Å²) in [5.74, 6) is 0.229. The Hall–Kier alpha value is -1.72. The predicted octanol–water partition coefficient (Wildman–Crippen LogP) is 2.62. The van der Waals surface area contributed by atoms with Crippen LogP contribution in [0.2, 0.25) is 0 Å². The zero-order chi connectivity index (χ0) is 13.1. The Kier molecular flexibility index (Phi) is 3.98. The van der Waals surface area contributed by atoms with E-state index >= 15 is 0 Å². The molecule has 0 unspecified atom stereocenters. The lowest BCUT2D eigenvalue weighted by Gasteiger charge is -2.13. The summed E-state index contributed by atoms with van der Waals surface area (Å²) in [4.78, 5) is 10.7. The van der Waals surface area contributed by atoms with Gasteiger partial charge in [-0.25, -0.2) is 0 Å². The summed E-state index contributed by atoms with van der Waals surface area (Å²) >= 11 is 0. The first-order valence-corrected chi connectivity index (χ1v) is 4.68. The first-order chi connectivity index (χ1) is 7.91. The molecule has 0 fully saturated rings. The van der Waals surface area contributed by atoms with Crippen LogP contribution < -0.4 is 9.47 Å². The van der Waals surface area contributed by atoms with Crippen LogP contribution >= 0.6 is 0 Å². The molecule has 1 aromatic carbocycles. The van der Waals surface area contributed by atoms with Gasteiger partial charge in [0.15, 0.2) is 6.29 Å². The molecule has 0 bridgehead atoms. The fourth-order valence-electron chi connectivity index (χ4n) is 1.44. The van der Waals surface area contributed by atoms with E-state index in [-0.39, 0.29) is 22.6 Å². The number of ether oxygens (including phenoxy) is 2. The van der Waals surface area contributed by atoms with E-state index in [2.05, 4.69) is 0 Å². The van der Waals surface area contributed by atoms with E-state index in [1.807, 2.05) is 0 Å². The molecule has 0 N–H and O–H groups in total. The van der Waals surface area contributed by atoms with Crippen LogP contribution in [0.3, 0.4) is 0 Å². The van der Waals surface area contributed by atoms with Crippen LogP contribution in [0.5, 0.6) is 11.5 Å². The van der Waals surface area contributed by atoms with Crippen LogP contribution in [0.1, 0.15) is 15.9 Å². The van der Waals surface area contributed by atoms with Gasteiger partial charge in [-0.2, -0.15) is 13.2 Å². The third kappa shape index (κ3) is 3.37. The van der Waals surface area contributed by atoms with Crippen molar-refractivity contribution in [3.8, 4) is 11.5 Å². The molecular weight excluding hydrogens is 237 g/mol. The molecule has 0 saturated carbocycles. The second kappa shape index (κ2) is 5.07. The van der Waals surface area contributed by atoms with Crippen molar-refractivity contribution >= 4 is 6.29 Å². The highest BCUT2D eigenvalue weighted by Gasteiger charge is 2.30. The summed E-state index contributed by atoms with van der Waals surface area (Å²) in [5, 5.41) is 0. The fraction of sp³-hybridized carbons (Fsp3) is 0.364. The van der Waals surface area contributed by atoms with E-state index in [0.29, 0.717) is 6.29 Å². The van der Waals surface area contributed by atoms with Gasteiger partial charge in [0.1, 0.15) is 11.5 Å². The second-order valence-electron chi connectivity index (χ2n) is 3.32. The second-order valence-corrected chi connectivity index (χ2v) is 3.32. The highest BCUT2D eigenvalue weighted by atomic mass is 19.4. The summed E-state index contributed by atoms with van der Waals surface area (Å²) in [6.45, 7) is 0. The first kappa shape index (κ1) is 13.3.